The second-order valence-electron chi connectivity index (χ2n) is 8.34. The van der Waals surface area contributed by atoms with Crippen molar-refractivity contribution in [2.45, 2.75) is 64.3 Å². The summed E-state index contributed by atoms with van der Waals surface area (Å²) < 4.78 is 0. The first kappa shape index (κ1) is 20.8. The van der Waals surface area contributed by atoms with Crippen molar-refractivity contribution < 1.29 is 9.59 Å². The van der Waals surface area contributed by atoms with E-state index >= 15 is 0 Å². The molecule has 2 heterocycles. The number of hydrogen-bond acceptors (Lipinski definition) is 3. The summed E-state index contributed by atoms with van der Waals surface area (Å²) in [5.41, 5.74) is 2.44. The number of aryl methyl sites for hydroxylation is 1. The highest BCUT2D eigenvalue weighted by molar-refractivity contribution is 5.82. The van der Waals surface area contributed by atoms with Crippen molar-refractivity contribution in [3.05, 3.63) is 35.4 Å². The van der Waals surface area contributed by atoms with Crippen LogP contribution >= 0.6 is 0 Å². The molecule has 1 aromatic carbocycles. The third kappa shape index (κ3) is 6.06. The maximum atomic E-state index is 12.7. The van der Waals surface area contributed by atoms with Crippen LogP contribution in [0.25, 0.3) is 0 Å². The molecule has 2 atom stereocenters. The second-order valence-corrected chi connectivity index (χ2v) is 8.34. The van der Waals surface area contributed by atoms with Crippen LogP contribution in [0, 0.1) is 5.92 Å². The summed E-state index contributed by atoms with van der Waals surface area (Å²) >= 11 is 0. The van der Waals surface area contributed by atoms with Gasteiger partial charge in [-0.15, -0.1) is 0 Å². The Morgan fingerprint density at radius 3 is 2.64 bits per heavy atom. The molecule has 0 spiro atoms. The highest BCUT2D eigenvalue weighted by atomic mass is 16.2. The molecule has 0 aliphatic carbocycles. The molecule has 2 aliphatic rings. The number of likely N-dealkylation sites (tertiary alicyclic amines) is 1. The number of piperidine rings is 1. The standard InChI is InChI=1S/C23H35N3O2/c1-2-3-6-18-9-11-19(12-10-18)15-22(27)26-14-5-7-20(17-26)16-25-23(28)21-8-4-13-24-21/h9-12,20-21,24H,2-8,13-17H2,1H3,(H,25,28). The first-order valence-corrected chi connectivity index (χ1v) is 11.0. The van der Waals surface area contributed by atoms with Crippen LogP contribution < -0.4 is 10.6 Å². The molecule has 154 valence electrons. The van der Waals surface area contributed by atoms with E-state index in [4.69, 9.17) is 0 Å². The van der Waals surface area contributed by atoms with Gasteiger partial charge in [-0.2, -0.15) is 0 Å². The predicted molar refractivity (Wildman–Crippen MR) is 112 cm³/mol. The number of unbranched alkanes of at least 4 members (excludes halogenated alkanes) is 1. The van der Waals surface area contributed by atoms with Crippen LogP contribution in [0.2, 0.25) is 0 Å². The van der Waals surface area contributed by atoms with Crippen molar-refractivity contribution in [1.82, 2.24) is 15.5 Å². The second kappa shape index (κ2) is 10.6. The Kier molecular flexibility index (Phi) is 7.90. The van der Waals surface area contributed by atoms with E-state index in [0.29, 0.717) is 18.9 Å². The molecule has 2 fully saturated rings. The Morgan fingerprint density at radius 2 is 1.93 bits per heavy atom. The molecule has 2 saturated heterocycles. The summed E-state index contributed by atoms with van der Waals surface area (Å²) in [5.74, 6) is 0.679. The number of carbonyl (C=O) groups is 2. The smallest absolute Gasteiger partial charge is 0.237 e. The summed E-state index contributed by atoms with van der Waals surface area (Å²) in [5, 5.41) is 6.32. The lowest BCUT2D eigenvalue weighted by Crippen LogP contribution is -2.47. The van der Waals surface area contributed by atoms with E-state index in [9.17, 15) is 9.59 Å². The molecule has 5 heteroatoms. The molecule has 0 bridgehead atoms. The normalized spacial score (nSPS) is 22.2. The lowest BCUT2D eigenvalue weighted by Gasteiger charge is -2.33. The van der Waals surface area contributed by atoms with Crippen LogP contribution in [-0.2, 0) is 22.4 Å². The van der Waals surface area contributed by atoms with E-state index in [2.05, 4.69) is 41.8 Å². The van der Waals surface area contributed by atoms with E-state index in [1.54, 1.807) is 0 Å². The molecule has 5 nitrogen and oxygen atoms in total. The molecule has 0 aromatic heterocycles. The fourth-order valence-electron chi connectivity index (χ4n) is 4.23. The number of benzene rings is 1. The molecule has 3 rings (SSSR count). The zero-order chi connectivity index (χ0) is 19.8. The average Bonchev–Trinajstić information content (AvgIpc) is 3.27. The molecule has 1 aromatic rings. The Labute approximate surface area is 169 Å². The molecule has 2 unspecified atom stereocenters. The van der Waals surface area contributed by atoms with E-state index in [1.807, 2.05) is 4.90 Å². The molecule has 0 saturated carbocycles. The maximum absolute atomic E-state index is 12.7. The number of carbonyl (C=O) groups excluding carboxylic acids is 2. The van der Waals surface area contributed by atoms with E-state index in [1.165, 1.54) is 18.4 Å². The summed E-state index contributed by atoms with van der Waals surface area (Å²) in [6.07, 6.45) is 8.09. The van der Waals surface area contributed by atoms with Gasteiger partial charge in [0.1, 0.15) is 0 Å². The SMILES string of the molecule is CCCCc1ccc(CC(=O)N2CCCC(CNC(=O)C3CCCN3)C2)cc1. The maximum Gasteiger partial charge on any atom is 0.237 e. The van der Waals surface area contributed by atoms with Gasteiger partial charge in [0.15, 0.2) is 0 Å². The Balaban J connectivity index is 1.43. The minimum atomic E-state index is -0.0263. The molecule has 28 heavy (non-hydrogen) atoms. The minimum absolute atomic E-state index is 0.0263. The van der Waals surface area contributed by atoms with Crippen molar-refractivity contribution in [2.24, 2.45) is 5.92 Å². The average molecular weight is 386 g/mol. The molecule has 2 N–H and O–H groups in total. The third-order valence-electron chi connectivity index (χ3n) is 6.01. The molecule has 0 radical (unpaired) electrons. The van der Waals surface area contributed by atoms with Crippen molar-refractivity contribution in [1.29, 1.82) is 0 Å². The lowest BCUT2D eigenvalue weighted by atomic mass is 9.97. The highest BCUT2D eigenvalue weighted by Crippen LogP contribution is 2.18. The van der Waals surface area contributed by atoms with E-state index < -0.39 is 0 Å². The van der Waals surface area contributed by atoms with Gasteiger partial charge in [-0.1, -0.05) is 37.6 Å². The monoisotopic (exact) mass is 385 g/mol. The van der Waals surface area contributed by atoms with Gasteiger partial charge in [0.05, 0.1) is 12.5 Å². The zero-order valence-electron chi connectivity index (χ0n) is 17.2. The van der Waals surface area contributed by atoms with Gasteiger partial charge in [-0.05, 0) is 62.1 Å². The van der Waals surface area contributed by atoms with Gasteiger partial charge >= 0.3 is 0 Å². The van der Waals surface area contributed by atoms with Gasteiger partial charge in [-0.25, -0.2) is 0 Å². The van der Waals surface area contributed by atoms with Gasteiger partial charge in [-0.3, -0.25) is 9.59 Å². The quantitative estimate of drug-likeness (QED) is 0.723. The van der Waals surface area contributed by atoms with E-state index in [-0.39, 0.29) is 17.9 Å². The van der Waals surface area contributed by atoms with Crippen molar-refractivity contribution in [2.75, 3.05) is 26.2 Å². The van der Waals surface area contributed by atoms with Crippen LogP contribution in [-0.4, -0.2) is 48.9 Å². The summed E-state index contributed by atoms with van der Waals surface area (Å²) in [4.78, 5) is 26.9. The topological polar surface area (TPSA) is 61.4 Å². The van der Waals surface area contributed by atoms with Crippen LogP contribution in [0.5, 0.6) is 0 Å². The minimum Gasteiger partial charge on any atom is -0.354 e. The molecule has 2 aliphatic heterocycles. The van der Waals surface area contributed by atoms with Gasteiger partial charge in [0, 0.05) is 19.6 Å². The molecular weight excluding hydrogens is 350 g/mol. The molecule has 2 amide bonds. The summed E-state index contributed by atoms with van der Waals surface area (Å²) in [6.45, 7) is 5.40. The van der Waals surface area contributed by atoms with Crippen LogP contribution in [0.15, 0.2) is 24.3 Å². The van der Waals surface area contributed by atoms with Gasteiger partial charge in [0.2, 0.25) is 11.8 Å². The van der Waals surface area contributed by atoms with Crippen LogP contribution in [0.3, 0.4) is 0 Å². The van der Waals surface area contributed by atoms with E-state index in [0.717, 1.165) is 57.3 Å². The van der Waals surface area contributed by atoms with Gasteiger partial charge < -0.3 is 15.5 Å². The number of rotatable bonds is 8. The number of hydrogen-bond donors (Lipinski definition) is 2. The van der Waals surface area contributed by atoms with Crippen LogP contribution in [0.4, 0.5) is 0 Å². The Hall–Kier alpha value is -1.88. The first-order chi connectivity index (χ1) is 13.7. The fourth-order valence-corrected chi connectivity index (χ4v) is 4.23. The largest absolute Gasteiger partial charge is 0.354 e. The Morgan fingerprint density at radius 1 is 1.14 bits per heavy atom. The number of nitrogens with zero attached hydrogens (tertiary/aromatic N) is 1. The highest BCUT2D eigenvalue weighted by Gasteiger charge is 2.26. The zero-order valence-corrected chi connectivity index (χ0v) is 17.2. The first-order valence-electron chi connectivity index (χ1n) is 11.0. The summed E-state index contributed by atoms with van der Waals surface area (Å²) in [7, 11) is 0. The van der Waals surface area contributed by atoms with Crippen molar-refractivity contribution >= 4 is 11.8 Å². The fraction of sp³-hybridized carbons (Fsp3) is 0.652. The number of nitrogens with one attached hydrogen (secondary N) is 2. The number of amides is 2. The van der Waals surface area contributed by atoms with Crippen LogP contribution in [0.1, 0.15) is 56.6 Å². The molecular formula is C23H35N3O2. The lowest BCUT2D eigenvalue weighted by molar-refractivity contribution is -0.132. The van der Waals surface area contributed by atoms with Crippen molar-refractivity contribution in [3.8, 4) is 0 Å². The summed E-state index contributed by atoms with van der Waals surface area (Å²) in [6, 6.07) is 8.48. The van der Waals surface area contributed by atoms with Gasteiger partial charge in [0.25, 0.3) is 0 Å². The van der Waals surface area contributed by atoms with Crippen molar-refractivity contribution in [3.63, 3.8) is 0 Å². The Bertz CT molecular complexity index is 638. The third-order valence-corrected chi connectivity index (χ3v) is 6.01. The predicted octanol–water partition coefficient (Wildman–Crippen LogP) is 2.68.